The summed E-state index contributed by atoms with van der Waals surface area (Å²) in [6.45, 7) is 11.8. The van der Waals surface area contributed by atoms with Gasteiger partial charge in [0.2, 0.25) is 0 Å². The molecule has 0 N–H and O–H groups in total. The predicted octanol–water partition coefficient (Wildman–Crippen LogP) is 3.27. The van der Waals surface area contributed by atoms with Crippen molar-refractivity contribution in [1.82, 2.24) is 4.90 Å². The first kappa shape index (κ1) is 13.9. The molecule has 0 spiro atoms. The molecule has 0 fully saturated rings. The lowest BCUT2D eigenvalue weighted by atomic mass is 10.0. The van der Waals surface area contributed by atoms with Crippen LogP contribution in [-0.2, 0) is 4.74 Å². The van der Waals surface area contributed by atoms with E-state index in [1.807, 2.05) is 0 Å². The van der Waals surface area contributed by atoms with Crippen LogP contribution < -0.4 is 0 Å². The molecule has 0 aliphatic heterocycles. The van der Waals surface area contributed by atoms with E-state index in [0.29, 0.717) is 6.04 Å². The van der Waals surface area contributed by atoms with Gasteiger partial charge in [-0.1, -0.05) is 20.8 Å². The molecule has 2 heteroatoms. The molecule has 86 valence electrons. The van der Waals surface area contributed by atoms with E-state index in [1.165, 1.54) is 6.42 Å². The second kappa shape index (κ2) is 6.41. The van der Waals surface area contributed by atoms with E-state index in [9.17, 15) is 0 Å². The van der Waals surface area contributed by atoms with Crippen molar-refractivity contribution in [3.8, 4) is 0 Å². The minimum absolute atomic E-state index is 0.0514. The van der Waals surface area contributed by atoms with Crippen LogP contribution in [-0.4, -0.2) is 30.3 Å². The van der Waals surface area contributed by atoms with E-state index in [0.717, 1.165) is 19.4 Å². The largest absolute Gasteiger partial charge is 0.361 e. The molecule has 0 aromatic carbocycles. The van der Waals surface area contributed by atoms with Crippen molar-refractivity contribution in [2.75, 3.05) is 13.7 Å². The SMILES string of the molecule is CCOC(CC)(CC)N(C)C(C)CC. The topological polar surface area (TPSA) is 12.5 Å². The summed E-state index contributed by atoms with van der Waals surface area (Å²) in [5, 5.41) is 0. The Kier molecular flexibility index (Phi) is 6.38. The Hall–Kier alpha value is -0.0800. The third-order valence-electron chi connectivity index (χ3n) is 3.41. The molecule has 0 aromatic rings. The summed E-state index contributed by atoms with van der Waals surface area (Å²) in [6.07, 6.45) is 3.28. The van der Waals surface area contributed by atoms with Crippen LogP contribution in [0.25, 0.3) is 0 Å². The van der Waals surface area contributed by atoms with Crippen LogP contribution in [0.3, 0.4) is 0 Å². The quantitative estimate of drug-likeness (QED) is 0.586. The molecule has 0 saturated heterocycles. The molecule has 0 bridgehead atoms. The average Bonchev–Trinajstić information content (AvgIpc) is 2.24. The van der Waals surface area contributed by atoms with Gasteiger partial charge in [0, 0.05) is 12.6 Å². The van der Waals surface area contributed by atoms with E-state index in [2.05, 4.69) is 46.6 Å². The Bertz CT molecular complexity index is 143. The molecule has 0 radical (unpaired) electrons. The minimum atomic E-state index is -0.0514. The van der Waals surface area contributed by atoms with Gasteiger partial charge in [0.1, 0.15) is 5.72 Å². The van der Waals surface area contributed by atoms with Crippen molar-refractivity contribution < 1.29 is 4.74 Å². The summed E-state index contributed by atoms with van der Waals surface area (Å²) in [5.74, 6) is 0. The van der Waals surface area contributed by atoms with Crippen LogP contribution in [0.15, 0.2) is 0 Å². The van der Waals surface area contributed by atoms with Gasteiger partial charge in [-0.3, -0.25) is 4.90 Å². The highest BCUT2D eigenvalue weighted by Crippen LogP contribution is 2.26. The van der Waals surface area contributed by atoms with E-state index in [-0.39, 0.29) is 5.72 Å². The second-order valence-corrected chi connectivity index (χ2v) is 3.95. The van der Waals surface area contributed by atoms with Gasteiger partial charge in [-0.05, 0) is 40.2 Å². The third-order valence-corrected chi connectivity index (χ3v) is 3.41. The molecule has 0 amide bonds. The van der Waals surface area contributed by atoms with Crippen molar-refractivity contribution in [3.63, 3.8) is 0 Å². The smallest absolute Gasteiger partial charge is 0.121 e. The average molecular weight is 201 g/mol. The van der Waals surface area contributed by atoms with Crippen LogP contribution in [0, 0.1) is 0 Å². The Morgan fingerprint density at radius 2 is 1.64 bits per heavy atom. The van der Waals surface area contributed by atoms with Gasteiger partial charge >= 0.3 is 0 Å². The molecule has 1 atom stereocenters. The first-order valence-corrected chi connectivity index (χ1v) is 5.94. The highest BCUT2D eigenvalue weighted by molar-refractivity contribution is 4.80. The van der Waals surface area contributed by atoms with Gasteiger partial charge in [0.05, 0.1) is 0 Å². The summed E-state index contributed by atoms with van der Waals surface area (Å²) in [7, 11) is 2.18. The Morgan fingerprint density at radius 1 is 1.14 bits per heavy atom. The molecule has 14 heavy (non-hydrogen) atoms. The fourth-order valence-electron chi connectivity index (χ4n) is 2.00. The molecule has 1 unspecified atom stereocenters. The number of nitrogens with zero attached hydrogens (tertiary/aromatic N) is 1. The zero-order valence-electron chi connectivity index (χ0n) is 10.8. The standard InChI is InChI=1S/C12H27NO/c1-7-11(5)13(6)12(8-2,9-3)14-10-4/h11H,7-10H2,1-6H3. The second-order valence-electron chi connectivity index (χ2n) is 3.95. The molecule has 0 saturated carbocycles. The minimum Gasteiger partial charge on any atom is -0.361 e. The van der Waals surface area contributed by atoms with Crippen molar-refractivity contribution in [2.24, 2.45) is 0 Å². The van der Waals surface area contributed by atoms with Crippen LogP contribution in [0.1, 0.15) is 53.9 Å². The summed E-state index contributed by atoms with van der Waals surface area (Å²) >= 11 is 0. The van der Waals surface area contributed by atoms with Crippen molar-refractivity contribution in [1.29, 1.82) is 0 Å². The molecule has 2 nitrogen and oxygen atoms in total. The van der Waals surface area contributed by atoms with Gasteiger partial charge in [0.25, 0.3) is 0 Å². The van der Waals surface area contributed by atoms with Crippen LogP contribution in [0.4, 0.5) is 0 Å². The van der Waals surface area contributed by atoms with E-state index >= 15 is 0 Å². The maximum absolute atomic E-state index is 5.94. The summed E-state index contributed by atoms with van der Waals surface area (Å²) < 4.78 is 5.94. The number of hydrogen-bond acceptors (Lipinski definition) is 2. The summed E-state index contributed by atoms with van der Waals surface area (Å²) in [6, 6.07) is 0.585. The molecule has 0 heterocycles. The Morgan fingerprint density at radius 3 is 1.93 bits per heavy atom. The van der Waals surface area contributed by atoms with E-state index < -0.39 is 0 Å². The fourth-order valence-corrected chi connectivity index (χ4v) is 2.00. The molecule has 0 aromatic heterocycles. The van der Waals surface area contributed by atoms with Crippen LogP contribution in [0.2, 0.25) is 0 Å². The van der Waals surface area contributed by atoms with Crippen molar-refractivity contribution in [2.45, 2.75) is 65.6 Å². The van der Waals surface area contributed by atoms with E-state index in [4.69, 9.17) is 4.74 Å². The maximum atomic E-state index is 5.94. The summed E-state index contributed by atoms with van der Waals surface area (Å²) in [5.41, 5.74) is -0.0514. The van der Waals surface area contributed by atoms with E-state index in [1.54, 1.807) is 0 Å². The van der Waals surface area contributed by atoms with Crippen molar-refractivity contribution >= 4 is 0 Å². The van der Waals surface area contributed by atoms with Gasteiger partial charge in [-0.2, -0.15) is 0 Å². The Balaban J connectivity index is 4.59. The van der Waals surface area contributed by atoms with Gasteiger partial charge in [0.15, 0.2) is 0 Å². The Labute approximate surface area is 89.6 Å². The third kappa shape index (κ3) is 2.96. The number of rotatable bonds is 7. The van der Waals surface area contributed by atoms with Gasteiger partial charge in [-0.15, -0.1) is 0 Å². The highest BCUT2D eigenvalue weighted by atomic mass is 16.5. The lowest BCUT2D eigenvalue weighted by Gasteiger charge is -2.43. The molecule has 0 aliphatic rings. The van der Waals surface area contributed by atoms with Gasteiger partial charge < -0.3 is 4.74 Å². The van der Waals surface area contributed by atoms with Gasteiger partial charge in [-0.25, -0.2) is 0 Å². The summed E-state index contributed by atoms with van der Waals surface area (Å²) in [4.78, 5) is 2.39. The molecular weight excluding hydrogens is 174 g/mol. The number of ether oxygens (including phenoxy) is 1. The molecular formula is C12H27NO. The number of hydrogen-bond donors (Lipinski definition) is 0. The lowest BCUT2D eigenvalue weighted by molar-refractivity contribution is -0.161. The molecule has 0 aliphatic carbocycles. The lowest BCUT2D eigenvalue weighted by Crippen LogP contribution is -2.51. The first-order valence-electron chi connectivity index (χ1n) is 5.94. The normalized spacial score (nSPS) is 14.8. The monoisotopic (exact) mass is 201 g/mol. The van der Waals surface area contributed by atoms with Crippen LogP contribution in [0.5, 0.6) is 0 Å². The maximum Gasteiger partial charge on any atom is 0.121 e. The van der Waals surface area contributed by atoms with Crippen molar-refractivity contribution in [3.05, 3.63) is 0 Å². The molecule has 0 rings (SSSR count). The zero-order valence-corrected chi connectivity index (χ0v) is 10.8. The highest BCUT2D eigenvalue weighted by Gasteiger charge is 2.33. The van der Waals surface area contributed by atoms with Crippen LogP contribution >= 0.6 is 0 Å². The predicted molar refractivity (Wildman–Crippen MR) is 62.5 cm³/mol. The first-order chi connectivity index (χ1) is 6.57. The fraction of sp³-hybridized carbons (Fsp3) is 1.00. The zero-order chi connectivity index (χ0) is 11.2.